The first-order valence-electron chi connectivity index (χ1n) is 2.33. The number of nitrogens with zero attached hydrogens (tertiary/aromatic N) is 3. The van der Waals surface area contributed by atoms with Crippen molar-refractivity contribution in [3.8, 4) is 6.07 Å². The molecule has 46 valence electrons. The van der Waals surface area contributed by atoms with Crippen LogP contribution in [0.25, 0.3) is 0 Å². The van der Waals surface area contributed by atoms with Crippen LogP contribution < -0.4 is 0 Å². The molecule has 3 nitrogen and oxygen atoms in total. The van der Waals surface area contributed by atoms with Crippen LogP contribution in [0.1, 0.15) is 5.56 Å². The quantitative estimate of drug-likeness (QED) is 0.624. The fourth-order valence-corrected chi connectivity index (χ4v) is 0.882. The monoisotopic (exact) mass is 233 g/mol. The van der Waals surface area contributed by atoms with Gasteiger partial charge in [-0.2, -0.15) is 10.4 Å². The summed E-state index contributed by atoms with van der Waals surface area (Å²) < 4.78 is 2.55. The lowest BCUT2D eigenvalue weighted by atomic mass is 10.4. The summed E-state index contributed by atoms with van der Waals surface area (Å²) in [7, 11) is 1.81. The van der Waals surface area contributed by atoms with Crippen molar-refractivity contribution >= 4 is 22.6 Å². The van der Waals surface area contributed by atoms with E-state index in [1.54, 1.807) is 10.9 Å². The smallest absolute Gasteiger partial charge is 0.116 e. The molecule has 0 aliphatic heterocycles. The van der Waals surface area contributed by atoms with Crippen LogP contribution in [-0.4, -0.2) is 9.78 Å². The van der Waals surface area contributed by atoms with Crippen molar-refractivity contribution in [3.05, 3.63) is 15.5 Å². The maximum absolute atomic E-state index is 8.42. The Hall–Kier alpha value is -0.570. The highest BCUT2D eigenvalue weighted by Gasteiger charge is 2.01. The Kier molecular flexibility index (Phi) is 1.71. The Morgan fingerprint density at radius 1 is 1.89 bits per heavy atom. The zero-order valence-corrected chi connectivity index (χ0v) is 6.95. The second-order valence-electron chi connectivity index (χ2n) is 1.58. The predicted octanol–water partition coefficient (Wildman–Crippen LogP) is 0.896. The van der Waals surface area contributed by atoms with Gasteiger partial charge in [-0.25, -0.2) is 0 Å². The maximum atomic E-state index is 8.42. The van der Waals surface area contributed by atoms with Crippen LogP contribution in [0.5, 0.6) is 0 Å². The summed E-state index contributed by atoms with van der Waals surface area (Å²) in [5, 5.41) is 12.3. The minimum Gasteiger partial charge on any atom is -0.261 e. The Balaban J connectivity index is 3.24. The Labute approximate surface area is 66.4 Å². The van der Waals surface area contributed by atoms with Gasteiger partial charge in [0.1, 0.15) is 15.3 Å². The molecule has 0 aliphatic carbocycles. The number of halogens is 1. The highest BCUT2D eigenvalue weighted by Crippen LogP contribution is 2.07. The molecular weight excluding hydrogens is 229 g/mol. The molecule has 1 rings (SSSR count). The topological polar surface area (TPSA) is 41.6 Å². The van der Waals surface area contributed by atoms with E-state index in [-0.39, 0.29) is 0 Å². The van der Waals surface area contributed by atoms with Crippen molar-refractivity contribution in [1.82, 2.24) is 9.78 Å². The van der Waals surface area contributed by atoms with Gasteiger partial charge in [-0.05, 0) is 22.6 Å². The summed E-state index contributed by atoms with van der Waals surface area (Å²) in [5.74, 6) is 0. The number of rotatable bonds is 0. The largest absolute Gasteiger partial charge is 0.261 e. The van der Waals surface area contributed by atoms with Gasteiger partial charge in [-0.15, -0.1) is 0 Å². The van der Waals surface area contributed by atoms with E-state index in [1.807, 2.05) is 13.1 Å². The van der Waals surface area contributed by atoms with Crippen LogP contribution in [0.2, 0.25) is 0 Å². The van der Waals surface area contributed by atoms with Crippen molar-refractivity contribution in [2.24, 2.45) is 7.05 Å². The van der Waals surface area contributed by atoms with Crippen LogP contribution in [-0.2, 0) is 7.05 Å². The van der Waals surface area contributed by atoms with E-state index in [2.05, 4.69) is 27.7 Å². The van der Waals surface area contributed by atoms with Crippen molar-refractivity contribution in [1.29, 1.82) is 5.26 Å². The SMILES string of the molecule is Cn1ncc(C#N)c1I. The first-order valence-corrected chi connectivity index (χ1v) is 3.41. The zero-order chi connectivity index (χ0) is 6.85. The molecule has 0 unspecified atom stereocenters. The molecule has 0 saturated carbocycles. The van der Waals surface area contributed by atoms with E-state index < -0.39 is 0 Å². The van der Waals surface area contributed by atoms with Crippen LogP contribution in [0, 0.1) is 15.0 Å². The van der Waals surface area contributed by atoms with Crippen LogP contribution in [0.3, 0.4) is 0 Å². The average Bonchev–Trinajstić information content (AvgIpc) is 2.15. The third-order valence-corrected chi connectivity index (χ3v) is 2.27. The lowest BCUT2D eigenvalue weighted by molar-refractivity contribution is 0.747. The van der Waals surface area contributed by atoms with Gasteiger partial charge in [0.05, 0.1) is 6.20 Å². The van der Waals surface area contributed by atoms with Crippen LogP contribution >= 0.6 is 22.6 Å². The maximum Gasteiger partial charge on any atom is 0.116 e. The third kappa shape index (κ3) is 1.05. The van der Waals surface area contributed by atoms with Crippen LogP contribution in [0.4, 0.5) is 0 Å². The number of aromatic nitrogens is 2. The molecule has 1 heterocycles. The van der Waals surface area contributed by atoms with Gasteiger partial charge in [0.2, 0.25) is 0 Å². The molecule has 1 aromatic heterocycles. The molecule has 4 heteroatoms. The van der Waals surface area contributed by atoms with Gasteiger partial charge in [0.25, 0.3) is 0 Å². The number of aryl methyl sites for hydroxylation is 1. The molecule has 0 fully saturated rings. The van der Waals surface area contributed by atoms with Gasteiger partial charge >= 0.3 is 0 Å². The van der Waals surface area contributed by atoms with Gasteiger partial charge in [-0.1, -0.05) is 0 Å². The molecule has 0 amide bonds. The summed E-state index contributed by atoms with van der Waals surface area (Å²) in [6.45, 7) is 0. The van der Waals surface area contributed by atoms with Gasteiger partial charge in [0, 0.05) is 7.05 Å². The van der Waals surface area contributed by atoms with Crippen molar-refractivity contribution < 1.29 is 0 Å². The van der Waals surface area contributed by atoms with Gasteiger partial charge < -0.3 is 0 Å². The van der Waals surface area contributed by atoms with Gasteiger partial charge in [-0.3, -0.25) is 4.68 Å². The number of hydrogen-bond acceptors (Lipinski definition) is 2. The van der Waals surface area contributed by atoms with Gasteiger partial charge in [0.15, 0.2) is 0 Å². The summed E-state index contributed by atoms with van der Waals surface area (Å²) in [5.41, 5.74) is 0.637. The fourth-order valence-electron chi connectivity index (χ4n) is 0.498. The first kappa shape index (κ1) is 6.55. The summed E-state index contributed by atoms with van der Waals surface area (Å²) >= 11 is 2.08. The van der Waals surface area contributed by atoms with Crippen molar-refractivity contribution in [2.45, 2.75) is 0 Å². The molecule has 9 heavy (non-hydrogen) atoms. The van der Waals surface area contributed by atoms with Crippen molar-refractivity contribution in [3.63, 3.8) is 0 Å². The third-order valence-electron chi connectivity index (χ3n) is 0.987. The summed E-state index contributed by atoms with van der Waals surface area (Å²) in [6.07, 6.45) is 1.56. The van der Waals surface area contributed by atoms with E-state index >= 15 is 0 Å². The van der Waals surface area contributed by atoms with E-state index in [1.165, 1.54) is 0 Å². The predicted molar refractivity (Wildman–Crippen MR) is 40.6 cm³/mol. The lowest BCUT2D eigenvalue weighted by Gasteiger charge is -1.87. The molecule has 0 aromatic carbocycles. The number of nitriles is 1. The fraction of sp³-hybridized carbons (Fsp3) is 0.200. The molecule has 0 N–H and O–H groups in total. The average molecular weight is 233 g/mol. The molecule has 0 saturated heterocycles. The van der Waals surface area contributed by atoms with Crippen LogP contribution in [0.15, 0.2) is 6.20 Å². The lowest BCUT2D eigenvalue weighted by Crippen LogP contribution is -1.91. The molecular formula is C5H4IN3. The summed E-state index contributed by atoms with van der Waals surface area (Å²) in [4.78, 5) is 0. The molecule has 0 atom stereocenters. The highest BCUT2D eigenvalue weighted by molar-refractivity contribution is 14.1. The Morgan fingerprint density at radius 2 is 2.56 bits per heavy atom. The normalized spacial score (nSPS) is 9.00. The Bertz CT molecular complexity index is 258. The zero-order valence-electron chi connectivity index (χ0n) is 4.80. The molecule has 0 radical (unpaired) electrons. The Morgan fingerprint density at radius 3 is 2.78 bits per heavy atom. The molecule has 1 aromatic rings. The second kappa shape index (κ2) is 2.35. The summed E-state index contributed by atoms with van der Waals surface area (Å²) in [6, 6.07) is 2.03. The first-order chi connectivity index (χ1) is 4.25. The standard InChI is InChI=1S/C5H4IN3/c1-9-5(6)4(2-7)3-8-9/h3H,1H3. The second-order valence-corrected chi connectivity index (χ2v) is 2.61. The van der Waals surface area contributed by atoms with E-state index in [0.717, 1.165) is 3.70 Å². The van der Waals surface area contributed by atoms with E-state index in [4.69, 9.17) is 5.26 Å². The number of hydrogen-bond donors (Lipinski definition) is 0. The minimum atomic E-state index is 0.637. The molecule has 0 bridgehead atoms. The van der Waals surface area contributed by atoms with Crippen molar-refractivity contribution in [2.75, 3.05) is 0 Å². The molecule has 0 aliphatic rings. The van der Waals surface area contributed by atoms with E-state index in [9.17, 15) is 0 Å². The van der Waals surface area contributed by atoms with E-state index in [0.29, 0.717) is 5.56 Å². The minimum absolute atomic E-state index is 0.637. The highest BCUT2D eigenvalue weighted by atomic mass is 127. The molecule has 0 spiro atoms.